The van der Waals surface area contributed by atoms with Gasteiger partial charge in [0.15, 0.2) is 34.7 Å². The molecule has 0 N–H and O–H groups in total. The van der Waals surface area contributed by atoms with Gasteiger partial charge >= 0.3 is 0 Å². The fraction of sp³-hybridized carbons (Fsp3) is 0. The summed E-state index contributed by atoms with van der Waals surface area (Å²) in [5.74, 6) is 0. The fourth-order valence-corrected chi connectivity index (χ4v) is 0. The zero-order valence-corrected chi connectivity index (χ0v) is 7.40. The number of hydrogen-bond acceptors (Lipinski definition) is 0. The zero-order chi connectivity index (χ0) is 0. The molecule has 0 heterocycles. The minimum Gasteiger partial charge on any atom is 0 e. The van der Waals surface area contributed by atoms with E-state index in [-0.39, 0.29) is 102 Å². The molecule has 0 aromatic rings. The van der Waals surface area contributed by atoms with Crippen LogP contribution < -0.4 is 0 Å². The Kier molecular flexibility index (Phi) is 217. The summed E-state index contributed by atoms with van der Waals surface area (Å²) < 4.78 is 0. The van der Waals surface area contributed by atoms with E-state index in [0.717, 1.165) is 0 Å². The molecule has 0 saturated carbocycles. The third-order valence-electron chi connectivity index (χ3n) is 0. The van der Waals surface area contributed by atoms with Gasteiger partial charge in [0.2, 0.25) is 0 Å². The van der Waals surface area contributed by atoms with Crippen molar-refractivity contribution in [3.8, 4) is 0 Å². The average molecular weight is 651 g/mol. The molecule has 0 nitrogen and oxygen atoms in total. The third-order valence-corrected chi connectivity index (χ3v) is 0. The van der Waals surface area contributed by atoms with Crippen molar-refractivity contribution < 1.29 is 67.1 Å². The Morgan fingerprint density at radius 2 is 0.400 bits per heavy atom. The molecule has 0 aromatic carbocycles. The first-order valence-electron chi connectivity index (χ1n) is 0. The first-order valence-corrected chi connectivity index (χ1v) is 0. The minimum absolute atomic E-state index is 0. The molecule has 0 amide bonds. The van der Waals surface area contributed by atoms with E-state index in [1.807, 2.05) is 0 Å². The number of rotatable bonds is 0. The molecule has 0 spiro atoms. The van der Waals surface area contributed by atoms with Crippen molar-refractivity contribution in [1.29, 1.82) is 0 Å². The van der Waals surface area contributed by atoms with Crippen LogP contribution in [0.5, 0.6) is 0 Å². The molecule has 45 valence electrons. The van der Waals surface area contributed by atoms with E-state index in [2.05, 4.69) is 0 Å². The van der Waals surface area contributed by atoms with Crippen LogP contribution in [-0.2, 0) is 67.1 Å². The second-order valence-electron chi connectivity index (χ2n) is 0. The van der Waals surface area contributed by atoms with Crippen LogP contribution in [0.25, 0.3) is 0 Å². The normalized spacial score (nSPS) is 0. The van der Waals surface area contributed by atoms with Crippen LogP contribution in [0.2, 0.25) is 0 Å². The SMILES string of the molecule is [AlH3].[AlH3].[Au].[Au].[Au]. The Bertz CT molecular complexity index is 4.85. The Hall–Kier alpha value is 3.29. The van der Waals surface area contributed by atoms with Crippen molar-refractivity contribution in [2.45, 2.75) is 0 Å². The molecule has 0 aliphatic heterocycles. The Morgan fingerprint density at radius 1 is 0.400 bits per heavy atom. The summed E-state index contributed by atoms with van der Waals surface area (Å²) in [6.07, 6.45) is 0. The molecule has 0 aromatic heterocycles. The Labute approximate surface area is 100 Å². The molecule has 0 aliphatic carbocycles. The summed E-state index contributed by atoms with van der Waals surface area (Å²) in [6.45, 7) is 0. The van der Waals surface area contributed by atoms with Crippen LogP contribution >= 0.6 is 0 Å². The quantitative estimate of drug-likeness (QED) is 0.258. The predicted octanol–water partition coefficient (Wildman–Crippen LogP) is -2.38. The van der Waals surface area contributed by atoms with E-state index < -0.39 is 0 Å². The topological polar surface area (TPSA) is 0 Å². The molecule has 0 atom stereocenters. The standard InChI is InChI=1S/2Al.3Au.6H. The van der Waals surface area contributed by atoms with Gasteiger partial charge < -0.3 is 0 Å². The molecule has 0 saturated heterocycles. The van der Waals surface area contributed by atoms with Gasteiger partial charge in [0.1, 0.15) is 0 Å². The smallest absolute Gasteiger partial charge is 0 e. The minimum atomic E-state index is 0. The van der Waals surface area contributed by atoms with Crippen LogP contribution in [0.3, 0.4) is 0 Å². The molecular formula is H6Al2Au3. The van der Waals surface area contributed by atoms with Gasteiger partial charge in [-0.05, 0) is 0 Å². The van der Waals surface area contributed by atoms with Crippen molar-refractivity contribution in [2.24, 2.45) is 0 Å². The molecule has 0 bridgehead atoms. The summed E-state index contributed by atoms with van der Waals surface area (Å²) in [5.41, 5.74) is 0. The van der Waals surface area contributed by atoms with Crippen molar-refractivity contribution in [3.05, 3.63) is 0 Å². The molecule has 0 aliphatic rings. The van der Waals surface area contributed by atoms with E-state index in [9.17, 15) is 0 Å². The Balaban J connectivity index is 0. The van der Waals surface area contributed by atoms with E-state index in [1.165, 1.54) is 0 Å². The largest absolute Gasteiger partial charge is 0.187 e. The van der Waals surface area contributed by atoms with E-state index in [1.54, 1.807) is 0 Å². The van der Waals surface area contributed by atoms with Crippen molar-refractivity contribution in [3.63, 3.8) is 0 Å². The first kappa shape index (κ1) is 40.7. The monoisotopic (exact) mass is 651 g/mol. The molecule has 0 fully saturated rings. The Morgan fingerprint density at radius 3 is 0.400 bits per heavy atom. The van der Waals surface area contributed by atoms with Crippen LogP contribution in [0.15, 0.2) is 0 Å². The van der Waals surface area contributed by atoms with Crippen molar-refractivity contribution >= 4 is 34.7 Å². The second kappa shape index (κ2) is 26.7. The molecule has 0 unspecified atom stereocenters. The van der Waals surface area contributed by atoms with Crippen LogP contribution in [-0.4, -0.2) is 34.7 Å². The fourth-order valence-electron chi connectivity index (χ4n) is 0. The van der Waals surface area contributed by atoms with Gasteiger partial charge in [-0.3, -0.25) is 0 Å². The van der Waals surface area contributed by atoms with Gasteiger partial charge in [0.25, 0.3) is 0 Å². The zero-order valence-electron chi connectivity index (χ0n) is 0.905. The van der Waals surface area contributed by atoms with Gasteiger partial charge in [-0.1, -0.05) is 0 Å². The van der Waals surface area contributed by atoms with Crippen LogP contribution in [0.4, 0.5) is 0 Å². The summed E-state index contributed by atoms with van der Waals surface area (Å²) in [5, 5.41) is 0. The maximum absolute atomic E-state index is 0. The predicted molar refractivity (Wildman–Crippen MR) is 19.9 cm³/mol. The summed E-state index contributed by atoms with van der Waals surface area (Å²) in [6, 6.07) is 0. The summed E-state index contributed by atoms with van der Waals surface area (Å²) in [4.78, 5) is 0. The van der Waals surface area contributed by atoms with E-state index >= 15 is 0 Å². The maximum atomic E-state index is 0. The summed E-state index contributed by atoms with van der Waals surface area (Å²) >= 11 is 0. The van der Waals surface area contributed by atoms with Gasteiger partial charge in [-0.2, -0.15) is 0 Å². The van der Waals surface area contributed by atoms with Gasteiger partial charge in [0.05, 0.1) is 0 Å². The van der Waals surface area contributed by atoms with E-state index in [4.69, 9.17) is 0 Å². The van der Waals surface area contributed by atoms with E-state index in [0.29, 0.717) is 0 Å². The average Bonchev–Trinajstić information content (AvgIpc) is 0. The van der Waals surface area contributed by atoms with Gasteiger partial charge in [-0.15, -0.1) is 0 Å². The molecule has 0 rings (SSSR count). The van der Waals surface area contributed by atoms with Gasteiger partial charge in [0, 0.05) is 67.1 Å². The molecule has 3 radical (unpaired) electrons. The maximum Gasteiger partial charge on any atom is 0.187 e. The van der Waals surface area contributed by atoms with Crippen molar-refractivity contribution in [2.75, 3.05) is 0 Å². The van der Waals surface area contributed by atoms with Crippen molar-refractivity contribution in [1.82, 2.24) is 0 Å². The second-order valence-corrected chi connectivity index (χ2v) is 0. The number of hydrogen-bond donors (Lipinski definition) is 0. The first-order chi connectivity index (χ1) is 0. The summed E-state index contributed by atoms with van der Waals surface area (Å²) in [7, 11) is 0. The van der Waals surface area contributed by atoms with Crippen LogP contribution in [0.1, 0.15) is 0 Å². The molecule has 5 heteroatoms. The van der Waals surface area contributed by atoms with Crippen LogP contribution in [0, 0.1) is 0 Å². The molecular weight excluding hydrogens is 645 g/mol. The third kappa shape index (κ3) is 18.9. The van der Waals surface area contributed by atoms with Gasteiger partial charge in [-0.25, -0.2) is 0 Å². The molecule has 5 heavy (non-hydrogen) atoms.